The molecule has 0 unspecified atom stereocenters. The van der Waals surface area contributed by atoms with Gasteiger partial charge in [-0.05, 0) is 35.7 Å². The predicted octanol–water partition coefficient (Wildman–Crippen LogP) is 3.84. The first kappa shape index (κ1) is 13.1. The van der Waals surface area contributed by atoms with Gasteiger partial charge in [0.1, 0.15) is 24.2 Å². The first-order chi connectivity index (χ1) is 9.24. The number of hydrogen-bond donors (Lipinski definition) is 0. The van der Waals surface area contributed by atoms with Crippen LogP contribution in [0.4, 0.5) is 4.39 Å². The van der Waals surface area contributed by atoms with Crippen LogP contribution < -0.4 is 4.74 Å². The maximum atomic E-state index is 13.2. The lowest BCUT2D eigenvalue weighted by Gasteiger charge is -2.10. The molecule has 2 aromatic rings. The van der Waals surface area contributed by atoms with Crippen LogP contribution in [-0.2, 0) is 13.0 Å². The lowest BCUT2D eigenvalue weighted by molar-refractivity contribution is 0.303. The number of para-hydroxylation sites is 1. The van der Waals surface area contributed by atoms with Crippen LogP contribution in [0.15, 0.2) is 42.5 Å². The Balaban J connectivity index is 2.13. The molecule has 2 nitrogen and oxygen atoms in total. The number of benzene rings is 2. The monoisotopic (exact) mass is 255 g/mol. The minimum absolute atomic E-state index is 0.0462. The average molecular weight is 255 g/mol. The van der Waals surface area contributed by atoms with Crippen molar-refractivity contribution in [3.05, 3.63) is 65.0 Å². The number of hydrogen-bond acceptors (Lipinski definition) is 2. The van der Waals surface area contributed by atoms with Crippen LogP contribution in [-0.4, -0.2) is 0 Å². The first-order valence-electron chi connectivity index (χ1n) is 6.13. The van der Waals surface area contributed by atoms with Gasteiger partial charge >= 0.3 is 0 Å². The minimum atomic E-state index is -0.500. The molecule has 19 heavy (non-hydrogen) atoms. The molecule has 0 bridgehead atoms. The van der Waals surface area contributed by atoms with Crippen LogP contribution in [0.25, 0.3) is 0 Å². The topological polar surface area (TPSA) is 33.0 Å². The quantitative estimate of drug-likeness (QED) is 0.831. The maximum absolute atomic E-state index is 13.2. The smallest absolute Gasteiger partial charge is 0.140 e. The van der Waals surface area contributed by atoms with Gasteiger partial charge in [-0.25, -0.2) is 4.39 Å². The molecule has 0 N–H and O–H groups in total. The summed E-state index contributed by atoms with van der Waals surface area (Å²) in [5.74, 6) is 0.327. The molecule has 0 saturated carbocycles. The van der Waals surface area contributed by atoms with E-state index in [0.717, 1.165) is 23.3 Å². The van der Waals surface area contributed by atoms with Crippen LogP contribution in [0.1, 0.15) is 23.6 Å². The molecule has 0 atom stereocenters. The van der Waals surface area contributed by atoms with E-state index in [1.165, 1.54) is 12.1 Å². The fraction of sp³-hybridized carbons (Fsp3) is 0.188. The Hall–Kier alpha value is -2.34. The summed E-state index contributed by atoms with van der Waals surface area (Å²) in [7, 11) is 0. The summed E-state index contributed by atoms with van der Waals surface area (Å²) in [6.07, 6.45) is 0.892. The molecule has 0 aromatic heterocycles. The normalized spacial score (nSPS) is 9.95. The minimum Gasteiger partial charge on any atom is -0.489 e. The van der Waals surface area contributed by atoms with Crippen molar-refractivity contribution in [1.82, 2.24) is 0 Å². The van der Waals surface area contributed by atoms with Crippen LogP contribution in [0.2, 0.25) is 0 Å². The van der Waals surface area contributed by atoms with Crippen molar-refractivity contribution >= 4 is 0 Å². The number of nitriles is 1. The Morgan fingerprint density at radius 1 is 1.21 bits per heavy atom. The van der Waals surface area contributed by atoms with Crippen LogP contribution in [0.3, 0.4) is 0 Å². The van der Waals surface area contributed by atoms with Gasteiger partial charge in [0.15, 0.2) is 0 Å². The molecule has 2 rings (SSSR count). The van der Waals surface area contributed by atoms with E-state index in [-0.39, 0.29) is 5.56 Å². The van der Waals surface area contributed by atoms with E-state index in [2.05, 4.69) is 6.92 Å². The van der Waals surface area contributed by atoms with Gasteiger partial charge in [-0.2, -0.15) is 5.26 Å². The Kier molecular flexibility index (Phi) is 4.15. The Bertz CT molecular complexity index is 616. The van der Waals surface area contributed by atoms with Gasteiger partial charge in [0, 0.05) is 0 Å². The summed E-state index contributed by atoms with van der Waals surface area (Å²) in [4.78, 5) is 0. The van der Waals surface area contributed by atoms with E-state index in [9.17, 15) is 4.39 Å². The van der Waals surface area contributed by atoms with Gasteiger partial charge in [0.05, 0.1) is 5.56 Å². The molecule has 0 radical (unpaired) electrons. The Labute approximate surface area is 112 Å². The zero-order chi connectivity index (χ0) is 13.7. The van der Waals surface area contributed by atoms with Crippen LogP contribution in [0, 0.1) is 17.1 Å². The molecular formula is C16H14FNO. The summed E-state index contributed by atoms with van der Waals surface area (Å²) in [5, 5.41) is 8.78. The lowest BCUT2D eigenvalue weighted by Crippen LogP contribution is -1.99. The largest absolute Gasteiger partial charge is 0.489 e. The summed E-state index contributed by atoms with van der Waals surface area (Å²) in [5.41, 5.74) is 1.96. The fourth-order valence-electron chi connectivity index (χ4n) is 1.85. The van der Waals surface area contributed by atoms with E-state index in [4.69, 9.17) is 10.00 Å². The molecule has 0 heterocycles. The fourth-order valence-corrected chi connectivity index (χ4v) is 1.85. The number of rotatable bonds is 4. The zero-order valence-electron chi connectivity index (χ0n) is 10.7. The number of aryl methyl sites for hydroxylation is 1. The summed E-state index contributed by atoms with van der Waals surface area (Å²) < 4.78 is 18.9. The zero-order valence-corrected chi connectivity index (χ0v) is 10.7. The summed E-state index contributed by atoms with van der Waals surface area (Å²) >= 11 is 0. The molecule has 0 aliphatic rings. The van der Waals surface area contributed by atoms with Gasteiger partial charge in [0.2, 0.25) is 0 Å². The van der Waals surface area contributed by atoms with Gasteiger partial charge < -0.3 is 4.74 Å². The number of halogens is 1. The van der Waals surface area contributed by atoms with Crippen molar-refractivity contribution in [2.75, 3.05) is 0 Å². The third-order valence-corrected chi connectivity index (χ3v) is 2.90. The van der Waals surface area contributed by atoms with E-state index in [1.807, 2.05) is 30.3 Å². The van der Waals surface area contributed by atoms with Gasteiger partial charge in [-0.15, -0.1) is 0 Å². The van der Waals surface area contributed by atoms with Crippen LogP contribution in [0.5, 0.6) is 5.75 Å². The Morgan fingerprint density at radius 2 is 2.00 bits per heavy atom. The predicted molar refractivity (Wildman–Crippen MR) is 71.3 cm³/mol. The molecule has 2 aromatic carbocycles. The van der Waals surface area contributed by atoms with Crippen molar-refractivity contribution < 1.29 is 9.13 Å². The molecule has 96 valence electrons. The highest BCUT2D eigenvalue weighted by atomic mass is 19.1. The van der Waals surface area contributed by atoms with E-state index in [1.54, 1.807) is 6.07 Å². The second-order valence-electron chi connectivity index (χ2n) is 4.18. The van der Waals surface area contributed by atoms with Crippen molar-refractivity contribution in [2.24, 2.45) is 0 Å². The number of nitrogens with zero attached hydrogens (tertiary/aromatic N) is 1. The van der Waals surface area contributed by atoms with E-state index < -0.39 is 5.82 Å². The molecule has 0 spiro atoms. The van der Waals surface area contributed by atoms with Crippen LogP contribution >= 0.6 is 0 Å². The van der Waals surface area contributed by atoms with Gasteiger partial charge in [-0.3, -0.25) is 0 Å². The lowest BCUT2D eigenvalue weighted by atomic mass is 10.1. The molecular weight excluding hydrogens is 241 g/mol. The average Bonchev–Trinajstić information content (AvgIpc) is 2.46. The maximum Gasteiger partial charge on any atom is 0.140 e. The molecule has 0 amide bonds. The van der Waals surface area contributed by atoms with Gasteiger partial charge in [-0.1, -0.05) is 31.2 Å². The molecule has 3 heteroatoms. The highest BCUT2D eigenvalue weighted by Gasteiger charge is 2.05. The second-order valence-corrected chi connectivity index (χ2v) is 4.18. The molecule has 0 saturated heterocycles. The van der Waals surface area contributed by atoms with Crippen molar-refractivity contribution in [3.63, 3.8) is 0 Å². The second kappa shape index (κ2) is 6.01. The standard InChI is InChI=1S/C16H14FNO/c1-2-13-5-3-4-6-16(13)19-11-12-7-8-15(17)14(9-12)10-18/h3-9H,2,11H2,1H3. The summed E-state index contributed by atoms with van der Waals surface area (Å²) in [6, 6.07) is 14.1. The third kappa shape index (κ3) is 3.11. The molecule has 0 fully saturated rings. The van der Waals surface area contributed by atoms with E-state index >= 15 is 0 Å². The van der Waals surface area contributed by atoms with Crippen molar-refractivity contribution in [1.29, 1.82) is 5.26 Å². The van der Waals surface area contributed by atoms with Crippen molar-refractivity contribution in [2.45, 2.75) is 20.0 Å². The Morgan fingerprint density at radius 3 is 2.74 bits per heavy atom. The highest BCUT2D eigenvalue weighted by Crippen LogP contribution is 2.20. The molecule has 0 aliphatic carbocycles. The summed E-state index contributed by atoms with van der Waals surface area (Å²) in [6.45, 7) is 2.39. The molecule has 0 aliphatic heterocycles. The van der Waals surface area contributed by atoms with E-state index in [0.29, 0.717) is 6.61 Å². The first-order valence-corrected chi connectivity index (χ1v) is 6.13. The van der Waals surface area contributed by atoms with Gasteiger partial charge in [0.25, 0.3) is 0 Å². The number of ether oxygens (including phenoxy) is 1. The third-order valence-electron chi connectivity index (χ3n) is 2.90. The SMILES string of the molecule is CCc1ccccc1OCc1ccc(F)c(C#N)c1. The highest BCUT2D eigenvalue weighted by molar-refractivity contribution is 5.36. The van der Waals surface area contributed by atoms with Crippen molar-refractivity contribution in [3.8, 4) is 11.8 Å².